The zero-order valence-electron chi connectivity index (χ0n) is 15.8. The average molecular weight is 439 g/mol. The molecule has 28 heavy (non-hydrogen) atoms. The minimum Gasteiger partial charge on any atom is -0.477 e. The van der Waals surface area contributed by atoms with Crippen LogP contribution in [0.1, 0.15) is 53.8 Å². The molecular formula is C23H23BrN2O2. The van der Waals surface area contributed by atoms with Crippen LogP contribution in [0, 0.1) is 12.8 Å². The highest BCUT2D eigenvalue weighted by Gasteiger charge is 2.19. The van der Waals surface area contributed by atoms with Crippen molar-refractivity contribution in [1.82, 2.24) is 9.97 Å². The predicted molar refractivity (Wildman–Crippen MR) is 117 cm³/mol. The summed E-state index contributed by atoms with van der Waals surface area (Å²) in [6.07, 6.45) is 12.7. The van der Waals surface area contributed by atoms with Gasteiger partial charge in [-0.1, -0.05) is 43.5 Å². The van der Waals surface area contributed by atoms with Gasteiger partial charge >= 0.3 is 5.97 Å². The topological polar surface area (TPSA) is 66.0 Å². The summed E-state index contributed by atoms with van der Waals surface area (Å²) < 4.78 is 0.581. The molecule has 2 heterocycles. The molecular weight excluding hydrogens is 416 g/mol. The molecule has 0 atom stereocenters. The first-order valence-electron chi connectivity index (χ1n) is 9.74. The molecule has 144 valence electrons. The summed E-state index contributed by atoms with van der Waals surface area (Å²) in [4.78, 5) is 19.3. The molecule has 1 aromatic carbocycles. The zero-order valence-corrected chi connectivity index (χ0v) is 17.4. The fourth-order valence-electron chi connectivity index (χ4n) is 4.15. The summed E-state index contributed by atoms with van der Waals surface area (Å²) in [7, 11) is 0. The van der Waals surface area contributed by atoms with Gasteiger partial charge in [-0.05, 0) is 59.3 Å². The van der Waals surface area contributed by atoms with Crippen molar-refractivity contribution in [3.63, 3.8) is 0 Å². The minimum absolute atomic E-state index is 0.170. The van der Waals surface area contributed by atoms with Gasteiger partial charge in [0.2, 0.25) is 0 Å². The number of fused-ring (bicyclic) bond motifs is 1. The van der Waals surface area contributed by atoms with Crippen LogP contribution in [-0.4, -0.2) is 21.0 Å². The molecule has 0 spiro atoms. The molecule has 0 amide bonds. The van der Waals surface area contributed by atoms with Crippen LogP contribution in [0.3, 0.4) is 0 Å². The number of halogens is 1. The van der Waals surface area contributed by atoms with Crippen molar-refractivity contribution in [3.8, 4) is 11.1 Å². The van der Waals surface area contributed by atoms with Gasteiger partial charge in [-0.15, -0.1) is 0 Å². The van der Waals surface area contributed by atoms with E-state index in [0.717, 1.165) is 33.3 Å². The van der Waals surface area contributed by atoms with Crippen LogP contribution in [0.2, 0.25) is 0 Å². The van der Waals surface area contributed by atoms with E-state index >= 15 is 0 Å². The number of carbonyl (C=O) groups is 1. The van der Waals surface area contributed by atoms with Crippen molar-refractivity contribution < 1.29 is 9.90 Å². The van der Waals surface area contributed by atoms with E-state index in [-0.39, 0.29) is 5.69 Å². The molecule has 1 fully saturated rings. The molecule has 5 heteroatoms. The molecule has 1 aliphatic rings. The third kappa shape index (κ3) is 3.51. The highest BCUT2D eigenvalue weighted by atomic mass is 79.9. The van der Waals surface area contributed by atoms with Crippen molar-refractivity contribution in [2.45, 2.75) is 39.0 Å². The Balaban J connectivity index is 1.84. The van der Waals surface area contributed by atoms with Crippen LogP contribution in [-0.2, 0) is 0 Å². The zero-order chi connectivity index (χ0) is 19.7. The van der Waals surface area contributed by atoms with Gasteiger partial charge in [0.05, 0.1) is 15.7 Å². The van der Waals surface area contributed by atoms with E-state index in [1.807, 2.05) is 30.5 Å². The molecule has 0 aliphatic heterocycles. The largest absolute Gasteiger partial charge is 0.477 e. The quantitative estimate of drug-likeness (QED) is 0.482. The lowest BCUT2D eigenvalue weighted by molar-refractivity contribution is 0.0690. The second-order valence-electron chi connectivity index (χ2n) is 7.49. The summed E-state index contributed by atoms with van der Waals surface area (Å²) in [5.41, 5.74) is 5.05. The molecule has 1 saturated carbocycles. The number of hydrogen-bond donors (Lipinski definition) is 2. The maximum absolute atomic E-state index is 11.6. The van der Waals surface area contributed by atoms with Crippen molar-refractivity contribution in [1.29, 1.82) is 0 Å². The van der Waals surface area contributed by atoms with Gasteiger partial charge in [-0.2, -0.15) is 0 Å². The second-order valence-corrected chi connectivity index (χ2v) is 8.29. The number of hydrogen-bond acceptors (Lipinski definition) is 2. The lowest BCUT2D eigenvalue weighted by atomic mass is 9.88. The van der Waals surface area contributed by atoms with Crippen molar-refractivity contribution >= 4 is 38.9 Å². The number of aryl methyl sites for hydroxylation is 1. The average Bonchev–Trinajstić information content (AvgIpc) is 3.05. The van der Waals surface area contributed by atoms with Gasteiger partial charge in [-0.25, -0.2) is 4.79 Å². The van der Waals surface area contributed by atoms with Crippen LogP contribution < -0.4 is 0 Å². The summed E-state index contributed by atoms with van der Waals surface area (Å²) in [5.74, 6) is -0.354. The van der Waals surface area contributed by atoms with E-state index in [1.54, 1.807) is 0 Å². The van der Waals surface area contributed by atoms with Gasteiger partial charge < -0.3 is 10.1 Å². The third-order valence-electron chi connectivity index (χ3n) is 5.62. The Labute approximate surface area is 172 Å². The Morgan fingerprint density at radius 1 is 1.25 bits per heavy atom. The van der Waals surface area contributed by atoms with E-state index in [1.165, 1.54) is 32.1 Å². The number of aromatic amines is 1. The van der Waals surface area contributed by atoms with E-state index in [4.69, 9.17) is 0 Å². The highest BCUT2D eigenvalue weighted by Crippen LogP contribution is 2.37. The first-order chi connectivity index (χ1) is 13.6. The maximum Gasteiger partial charge on any atom is 0.353 e. The molecule has 4 rings (SSSR count). The molecule has 2 aromatic heterocycles. The van der Waals surface area contributed by atoms with Crippen LogP contribution in [0.15, 0.2) is 41.0 Å². The Hall–Kier alpha value is -2.40. The molecule has 4 nitrogen and oxygen atoms in total. The minimum atomic E-state index is -0.977. The Morgan fingerprint density at radius 2 is 2.04 bits per heavy atom. The number of rotatable bonds is 4. The van der Waals surface area contributed by atoms with Gasteiger partial charge in [-0.3, -0.25) is 4.98 Å². The summed E-state index contributed by atoms with van der Waals surface area (Å²) in [6, 6.07) is 7.92. The lowest BCUT2D eigenvalue weighted by Crippen LogP contribution is -2.02. The second kappa shape index (κ2) is 7.92. The Bertz CT molecular complexity index is 1060. The van der Waals surface area contributed by atoms with Crippen LogP contribution in [0.5, 0.6) is 0 Å². The number of carboxylic acids is 1. The predicted octanol–water partition coefficient (Wildman–Crippen LogP) is 6.59. The molecule has 0 radical (unpaired) electrons. The Morgan fingerprint density at radius 3 is 2.79 bits per heavy atom. The number of pyridine rings is 1. The van der Waals surface area contributed by atoms with Crippen molar-refractivity contribution in [3.05, 3.63) is 58.0 Å². The fourth-order valence-corrected chi connectivity index (χ4v) is 4.75. The lowest BCUT2D eigenvalue weighted by Gasteiger charge is -2.18. The smallest absolute Gasteiger partial charge is 0.353 e. The summed E-state index contributed by atoms with van der Waals surface area (Å²) in [5, 5.41) is 10.3. The third-order valence-corrected chi connectivity index (χ3v) is 6.44. The molecule has 0 bridgehead atoms. The maximum atomic E-state index is 11.6. The van der Waals surface area contributed by atoms with E-state index in [2.05, 4.69) is 45.0 Å². The van der Waals surface area contributed by atoms with Crippen LogP contribution in [0.25, 0.3) is 28.1 Å². The van der Waals surface area contributed by atoms with Crippen molar-refractivity contribution in [2.24, 2.45) is 5.92 Å². The van der Waals surface area contributed by atoms with E-state index in [0.29, 0.717) is 10.4 Å². The number of allylic oxidation sites excluding steroid dienone is 1. The molecule has 0 unspecified atom stereocenters. The number of nitrogens with one attached hydrogen (secondary N) is 1. The first kappa shape index (κ1) is 18.9. The summed E-state index contributed by atoms with van der Waals surface area (Å²) in [6.45, 7) is 2.07. The van der Waals surface area contributed by atoms with Crippen LogP contribution in [0.4, 0.5) is 0 Å². The SMILES string of the molecule is Cc1ccnc(C=CC2CCCCC2)c1-c1cccc2c(Br)c(C(=O)O)[nH]c12. The molecule has 3 aromatic rings. The number of carboxylic acid groups (broad SMARTS) is 1. The number of benzene rings is 1. The Kier molecular flexibility index (Phi) is 5.36. The molecule has 0 saturated heterocycles. The first-order valence-corrected chi connectivity index (χ1v) is 10.5. The van der Waals surface area contributed by atoms with Gasteiger partial charge in [0.25, 0.3) is 0 Å². The highest BCUT2D eigenvalue weighted by molar-refractivity contribution is 9.10. The fraction of sp³-hybridized carbons (Fsp3) is 0.304. The van der Waals surface area contributed by atoms with Crippen molar-refractivity contribution in [2.75, 3.05) is 0 Å². The normalized spacial score (nSPS) is 15.5. The summed E-state index contributed by atoms with van der Waals surface area (Å²) >= 11 is 3.44. The number of aromatic nitrogens is 2. The monoisotopic (exact) mass is 438 g/mol. The van der Waals surface area contributed by atoms with E-state index < -0.39 is 5.97 Å². The molecule has 2 N–H and O–H groups in total. The van der Waals surface area contributed by atoms with Gasteiger partial charge in [0.15, 0.2) is 0 Å². The van der Waals surface area contributed by atoms with E-state index in [9.17, 15) is 9.90 Å². The molecule has 1 aliphatic carbocycles. The van der Waals surface area contributed by atoms with Gasteiger partial charge in [0.1, 0.15) is 5.69 Å². The van der Waals surface area contributed by atoms with Gasteiger partial charge in [0, 0.05) is 22.7 Å². The number of nitrogens with zero attached hydrogens (tertiary/aromatic N) is 1. The number of aromatic carboxylic acids is 1. The standard InChI is InChI=1S/C23H23BrN2O2/c1-14-12-13-25-18(11-10-15-6-3-2-4-7-15)19(14)16-8-5-9-17-20(24)22(23(27)28)26-21(16)17/h5,8-13,15,26H,2-4,6-7H2,1H3,(H,27,28). The van der Waals surface area contributed by atoms with Crippen LogP contribution >= 0.6 is 15.9 Å². The number of para-hydroxylation sites is 1. The number of H-pyrrole nitrogens is 1.